The zero-order valence-corrected chi connectivity index (χ0v) is 25.0. The van der Waals surface area contributed by atoms with Crippen LogP contribution in [0.15, 0.2) is 77.7 Å². The van der Waals surface area contributed by atoms with Gasteiger partial charge >= 0.3 is 0 Å². The predicted octanol–water partition coefficient (Wildman–Crippen LogP) is 5.18. The Morgan fingerprint density at radius 1 is 1.00 bits per heavy atom. The van der Waals surface area contributed by atoms with Gasteiger partial charge in [-0.25, -0.2) is 8.42 Å². The molecule has 1 N–H and O–H groups in total. The first-order valence-electron chi connectivity index (χ1n) is 13.0. The SMILES string of the molecule is CC[C@@H](C)NC(=O)[C@H](C)N(Cc1cccc(OC)c1)C(=O)CN(c1ccc(Cl)cc1C)S(=O)(=O)c1ccccc1. The molecule has 0 spiro atoms. The van der Waals surface area contributed by atoms with Crippen molar-refractivity contribution in [2.75, 3.05) is 18.0 Å². The summed E-state index contributed by atoms with van der Waals surface area (Å²) in [6.07, 6.45) is 0.723. The van der Waals surface area contributed by atoms with Gasteiger partial charge in [-0.2, -0.15) is 0 Å². The number of carbonyl (C=O) groups is 2. The van der Waals surface area contributed by atoms with Gasteiger partial charge in [-0.05, 0) is 80.8 Å². The number of amides is 2. The molecule has 0 aliphatic rings. The van der Waals surface area contributed by atoms with Crippen molar-refractivity contribution in [1.29, 1.82) is 0 Å². The molecule has 0 aliphatic carbocycles. The number of nitrogens with one attached hydrogen (secondary N) is 1. The molecule has 0 saturated heterocycles. The number of methoxy groups -OCH3 is 1. The minimum absolute atomic E-state index is 0.0408. The first-order valence-corrected chi connectivity index (χ1v) is 14.9. The van der Waals surface area contributed by atoms with Crippen LogP contribution in [0.5, 0.6) is 5.75 Å². The average Bonchev–Trinajstić information content (AvgIpc) is 2.94. The molecular weight excluding hydrogens is 550 g/mol. The van der Waals surface area contributed by atoms with Crippen LogP contribution in [-0.2, 0) is 26.2 Å². The Bertz CT molecular complexity index is 1430. The summed E-state index contributed by atoms with van der Waals surface area (Å²) >= 11 is 6.16. The molecule has 0 aromatic heterocycles. The summed E-state index contributed by atoms with van der Waals surface area (Å²) in [5.74, 6) is -0.263. The minimum atomic E-state index is -4.15. The number of benzene rings is 3. The highest BCUT2D eigenvalue weighted by Crippen LogP contribution is 2.29. The monoisotopic (exact) mass is 585 g/mol. The molecule has 0 bridgehead atoms. The molecule has 214 valence electrons. The number of hydrogen-bond acceptors (Lipinski definition) is 5. The topological polar surface area (TPSA) is 96.0 Å². The zero-order valence-electron chi connectivity index (χ0n) is 23.4. The molecule has 3 rings (SSSR count). The molecule has 0 heterocycles. The first-order chi connectivity index (χ1) is 19.0. The number of rotatable bonds is 12. The Balaban J connectivity index is 2.05. The molecule has 0 aliphatic heterocycles. The van der Waals surface area contributed by atoms with E-state index in [1.165, 1.54) is 17.0 Å². The number of ether oxygens (including phenoxy) is 1. The maximum atomic E-state index is 14.0. The maximum Gasteiger partial charge on any atom is 0.264 e. The van der Waals surface area contributed by atoms with Gasteiger partial charge in [0, 0.05) is 17.6 Å². The van der Waals surface area contributed by atoms with Gasteiger partial charge in [-0.1, -0.05) is 48.9 Å². The van der Waals surface area contributed by atoms with E-state index in [-0.39, 0.29) is 23.4 Å². The molecule has 0 fully saturated rings. The second kappa shape index (κ2) is 13.7. The van der Waals surface area contributed by atoms with Crippen LogP contribution in [0.3, 0.4) is 0 Å². The third kappa shape index (κ3) is 7.55. The highest BCUT2D eigenvalue weighted by molar-refractivity contribution is 7.92. The van der Waals surface area contributed by atoms with Crippen LogP contribution in [-0.4, -0.2) is 50.9 Å². The summed E-state index contributed by atoms with van der Waals surface area (Å²) in [6.45, 7) is 6.76. The van der Waals surface area contributed by atoms with Crippen molar-refractivity contribution in [3.63, 3.8) is 0 Å². The van der Waals surface area contributed by atoms with E-state index in [0.29, 0.717) is 22.0 Å². The van der Waals surface area contributed by atoms with Crippen LogP contribution < -0.4 is 14.4 Å². The molecule has 2 amide bonds. The smallest absolute Gasteiger partial charge is 0.264 e. The lowest BCUT2D eigenvalue weighted by atomic mass is 10.1. The van der Waals surface area contributed by atoms with Gasteiger partial charge in [0.1, 0.15) is 18.3 Å². The van der Waals surface area contributed by atoms with Crippen molar-refractivity contribution in [3.05, 3.63) is 88.9 Å². The van der Waals surface area contributed by atoms with Crippen molar-refractivity contribution in [1.82, 2.24) is 10.2 Å². The van der Waals surface area contributed by atoms with Crippen molar-refractivity contribution in [2.24, 2.45) is 0 Å². The molecule has 0 unspecified atom stereocenters. The lowest BCUT2D eigenvalue weighted by Crippen LogP contribution is -2.52. The van der Waals surface area contributed by atoms with Crippen molar-refractivity contribution >= 4 is 39.1 Å². The molecule has 3 aromatic carbocycles. The summed E-state index contributed by atoms with van der Waals surface area (Å²) in [4.78, 5) is 28.6. The van der Waals surface area contributed by atoms with E-state index in [9.17, 15) is 18.0 Å². The van der Waals surface area contributed by atoms with Gasteiger partial charge in [0.15, 0.2) is 0 Å². The van der Waals surface area contributed by atoms with Gasteiger partial charge < -0.3 is 15.0 Å². The lowest BCUT2D eigenvalue weighted by Gasteiger charge is -2.33. The first kappa shape index (κ1) is 31.0. The van der Waals surface area contributed by atoms with Crippen LogP contribution in [0.2, 0.25) is 5.02 Å². The summed E-state index contributed by atoms with van der Waals surface area (Å²) in [5.41, 5.74) is 1.64. The van der Waals surface area contributed by atoms with Gasteiger partial charge in [0.05, 0.1) is 17.7 Å². The van der Waals surface area contributed by atoms with Gasteiger partial charge in [0.25, 0.3) is 10.0 Å². The average molecular weight is 586 g/mol. The van der Waals surface area contributed by atoms with E-state index >= 15 is 0 Å². The summed E-state index contributed by atoms with van der Waals surface area (Å²) in [6, 6.07) is 19.0. The van der Waals surface area contributed by atoms with E-state index in [0.717, 1.165) is 16.3 Å². The quantitative estimate of drug-likeness (QED) is 0.316. The van der Waals surface area contributed by atoms with Crippen LogP contribution in [0, 0.1) is 6.92 Å². The van der Waals surface area contributed by atoms with Crippen molar-refractivity contribution in [3.8, 4) is 5.75 Å². The Hall–Kier alpha value is -3.56. The van der Waals surface area contributed by atoms with Gasteiger partial charge in [-0.15, -0.1) is 0 Å². The van der Waals surface area contributed by atoms with E-state index in [4.69, 9.17) is 16.3 Å². The number of carbonyl (C=O) groups excluding carboxylic acids is 2. The fraction of sp³-hybridized carbons (Fsp3) is 0.333. The molecule has 0 saturated carbocycles. The zero-order chi connectivity index (χ0) is 29.4. The molecule has 10 heteroatoms. The largest absolute Gasteiger partial charge is 0.497 e. The van der Waals surface area contributed by atoms with Gasteiger partial charge in [0.2, 0.25) is 11.8 Å². The van der Waals surface area contributed by atoms with Crippen LogP contribution in [0.1, 0.15) is 38.3 Å². The minimum Gasteiger partial charge on any atom is -0.497 e. The van der Waals surface area contributed by atoms with Gasteiger partial charge in [-0.3, -0.25) is 13.9 Å². The lowest BCUT2D eigenvalue weighted by molar-refractivity contribution is -0.139. The molecule has 0 radical (unpaired) electrons. The molecule has 2 atom stereocenters. The fourth-order valence-corrected chi connectivity index (χ4v) is 5.87. The summed E-state index contributed by atoms with van der Waals surface area (Å²) in [7, 11) is -2.60. The molecular formula is C30H36ClN3O5S. The van der Waals surface area contributed by atoms with E-state index in [1.54, 1.807) is 75.6 Å². The summed E-state index contributed by atoms with van der Waals surface area (Å²) < 4.78 is 34.2. The van der Waals surface area contributed by atoms with Crippen LogP contribution in [0.4, 0.5) is 5.69 Å². The summed E-state index contributed by atoms with van der Waals surface area (Å²) in [5, 5.41) is 3.37. The molecule has 8 nitrogen and oxygen atoms in total. The molecule has 40 heavy (non-hydrogen) atoms. The number of aryl methyl sites for hydroxylation is 1. The Morgan fingerprint density at radius 2 is 1.70 bits per heavy atom. The van der Waals surface area contributed by atoms with Crippen molar-refractivity contribution < 1.29 is 22.7 Å². The second-order valence-corrected chi connectivity index (χ2v) is 11.9. The van der Waals surface area contributed by atoms with Crippen LogP contribution in [0.25, 0.3) is 0 Å². The number of sulfonamides is 1. The van der Waals surface area contributed by atoms with E-state index in [2.05, 4.69) is 5.32 Å². The highest BCUT2D eigenvalue weighted by Gasteiger charge is 2.33. The third-order valence-corrected chi connectivity index (χ3v) is 8.70. The molecule has 3 aromatic rings. The van der Waals surface area contributed by atoms with E-state index < -0.39 is 28.5 Å². The third-order valence-electron chi connectivity index (χ3n) is 6.69. The Labute approximate surface area is 241 Å². The highest BCUT2D eigenvalue weighted by atomic mass is 35.5. The van der Waals surface area contributed by atoms with Crippen LogP contribution >= 0.6 is 11.6 Å². The predicted molar refractivity (Wildman–Crippen MR) is 158 cm³/mol. The van der Waals surface area contributed by atoms with E-state index in [1.807, 2.05) is 19.9 Å². The standard InChI is InChI=1S/C30H36ClN3O5S/c1-6-22(3)32-30(36)23(4)33(19-24-11-10-12-26(18-24)39-5)29(35)20-34(28-16-15-25(31)17-21(28)2)40(37,38)27-13-8-7-9-14-27/h7-18,22-23H,6,19-20H2,1-5H3,(H,32,36)/t22-,23+/m1/s1. The maximum absolute atomic E-state index is 14.0. The second-order valence-electron chi connectivity index (χ2n) is 9.62. The normalized spacial score (nSPS) is 12.8. The number of nitrogens with zero attached hydrogens (tertiary/aromatic N) is 2. The number of hydrogen-bond donors (Lipinski definition) is 1. The number of halogens is 1. The Morgan fingerprint density at radius 3 is 2.33 bits per heavy atom. The fourth-order valence-electron chi connectivity index (χ4n) is 4.15. The van der Waals surface area contributed by atoms with Crippen molar-refractivity contribution in [2.45, 2.75) is 57.6 Å². The Kier molecular flexibility index (Phi) is 10.6. The number of anilines is 1.